The number of rotatable bonds is 2. The summed E-state index contributed by atoms with van der Waals surface area (Å²) >= 11 is 14.0. The lowest BCUT2D eigenvalue weighted by molar-refractivity contribution is 0.102. The van der Waals surface area contributed by atoms with Gasteiger partial charge in [0.15, 0.2) is 0 Å². The van der Waals surface area contributed by atoms with Gasteiger partial charge in [0.25, 0.3) is 5.91 Å². The van der Waals surface area contributed by atoms with Crippen molar-refractivity contribution in [1.29, 1.82) is 0 Å². The van der Waals surface area contributed by atoms with Crippen LogP contribution in [0, 0.1) is 10.5 Å². The molecule has 1 N–H and O–H groups in total. The number of hydrogen-bond donors (Lipinski definition) is 1. The third kappa shape index (κ3) is 3.58. The summed E-state index contributed by atoms with van der Waals surface area (Å²) in [6, 6.07) is 8.37. The number of carbonyl (C=O) groups excluding carboxylic acids is 1. The smallest absolute Gasteiger partial charge is 0.258 e. The molecule has 1 aromatic heterocycles. The second-order valence-corrected chi connectivity index (χ2v) is 5.85. The predicted molar refractivity (Wildman–Crippen MR) is 86.1 cm³/mol. The minimum absolute atomic E-state index is 0.310. The van der Waals surface area contributed by atoms with Gasteiger partial charge < -0.3 is 5.32 Å². The molecule has 2 rings (SSSR count). The number of pyridine rings is 1. The molecule has 1 amide bonds. The number of anilines is 1. The molecule has 0 atom stereocenters. The van der Waals surface area contributed by atoms with E-state index in [4.69, 9.17) is 23.2 Å². The second-order valence-electron chi connectivity index (χ2n) is 3.84. The Labute approximate surface area is 134 Å². The number of nitrogens with one attached hydrogen (secondary N) is 1. The molecule has 0 spiro atoms. The molecule has 0 saturated carbocycles. The van der Waals surface area contributed by atoms with Gasteiger partial charge in [-0.3, -0.25) is 4.79 Å². The summed E-state index contributed by atoms with van der Waals surface area (Å²) in [4.78, 5) is 16.3. The van der Waals surface area contributed by atoms with Crippen molar-refractivity contribution in [3.63, 3.8) is 0 Å². The van der Waals surface area contributed by atoms with Crippen LogP contribution in [0.4, 0.5) is 5.82 Å². The zero-order valence-electron chi connectivity index (χ0n) is 9.88. The largest absolute Gasteiger partial charge is 0.307 e. The summed E-state index contributed by atoms with van der Waals surface area (Å²) in [7, 11) is 0. The Morgan fingerprint density at radius 3 is 2.63 bits per heavy atom. The number of aromatic nitrogens is 1. The Balaban J connectivity index is 2.23. The topological polar surface area (TPSA) is 42.0 Å². The van der Waals surface area contributed by atoms with Crippen molar-refractivity contribution in [3.05, 3.63) is 55.2 Å². The molecule has 0 bridgehead atoms. The van der Waals surface area contributed by atoms with Gasteiger partial charge in [0, 0.05) is 8.59 Å². The molecule has 0 saturated heterocycles. The van der Waals surface area contributed by atoms with Gasteiger partial charge in [-0.2, -0.15) is 0 Å². The molecule has 1 heterocycles. The lowest BCUT2D eigenvalue weighted by Crippen LogP contribution is -2.13. The van der Waals surface area contributed by atoms with Crippen LogP contribution in [0.2, 0.25) is 10.0 Å². The third-order valence-corrected chi connectivity index (χ3v) is 4.13. The van der Waals surface area contributed by atoms with E-state index >= 15 is 0 Å². The first-order chi connectivity index (χ1) is 8.97. The molecule has 0 aliphatic carbocycles. The lowest BCUT2D eigenvalue weighted by Gasteiger charge is -2.07. The van der Waals surface area contributed by atoms with Gasteiger partial charge in [-0.05, 0) is 59.8 Å². The SMILES string of the molecule is Cc1nc(NC(=O)c2ccc(Cl)cc2Cl)ccc1I. The van der Waals surface area contributed by atoms with E-state index in [0.29, 0.717) is 21.4 Å². The van der Waals surface area contributed by atoms with E-state index < -0.39 is 0 Å². The van der Waals surface area contributed by atoms with Gasteiger partial charge in [0.1, 0.15) is 5.82 Å². The molecule has 2 aromatic rings. The highest BCUT2D eigenvalue weighted by atomic mass is 127. The number of aryl methyl sites for hydroxylation is 1. The van der Waals surface area contributed by atoms with Crippen molar-refractivity contribution in [2.24, 2.45) is 0 Å². The summed E-state index contributed by atoms with van der Waals surface area (Å²) < 4.78 is 1.04. The second kappa shape index (κ2) is 6.07. The van der Waals surface area contributed by atoms with Crippen LogP contribution in [0.3, 0.4) is 0 Å². The van der Waals surface area contributed by atoms with Crippen LogP contribution in [-0.4, -0.2) is 10.9 Å². The Hall–Kier alpha value is -0.850. The van der Waals surface area contributed by atoms with E-state index in [0.717, 1.165) is 9.26 Å². The van der Waals surface area contributed by atoms with Crippen LogP contribution in [-0.2, 0) is 0 Å². The Morgan fingerprint density at radius 2 is 2.00 bits per heavy atom. The third-order valence-electron chi connectivity index (χ3n) is 2.44. The van der Waals surface area contributed by atoms with Gasteiger partial charge in [-0.25, -0.2) is 4.98 Å². The zero-order valence-corrected chi connectivity index (χ0v) is 13.5. The monoisotopic (exact) mass is 406 g/mol. The van der Waals surface area contributed by atoms with Crippen molar-refractivity contribution in [2.75, 3.05) is 5.32 Å². The molecule has 0 radical (unpaired) electrons. The average Bonchev–Trinajstić information content (AvgIpc) is 2.33. The van der Waals surface area contributed by atoms with Crippen LogP contribution < -0.4 is 5.32 Å². The predicted octanol–water partition coefficient (Wildman–Crippen LogP) is 4.55. The maximum absolute atomic E-state index is 12.1. The maximum Gasteiger partial charge on any atom is 0.258 e. The van der Waals surface area contributed by atoms with Gasteiger partial charge in [0.2, 0.25) is 0 Å². The van der Waals surface area contributed by atoms with Crippen LogP contribution >= 0.6 is 45.8 Å². The quantitative estimate of drug-likeness (QED) is 0.743. The molecule has 6 heteroatoms. The van der Waals surface area contributed by atoms with E-state index in [1.807, 2.05) is 13.0 Å². The minimum Gasteiger partial charge on any atom is -0.307 e. The van der Waals surface area contributed by atoms with Gasteiger partial charge >= 0.3 is 0 Å². The van der Waals surface area contributed by atoms with Crippen LogP contribution in [0.1, 0.15) is 16.1 Å². The molecule has 19 heavy (non-hydrogen) atoms. The zero-order chi connectivity index (χ0) is 14.0. The van der Waals surface area contributed by atoms with Gasteiger partial charge in [0.05, 0.1) is 16.3 Å². The fraction of sp³-hybridized carbons (Fsp3) is 0.0769. The number of amides is 1. The van der Waals surface area contributed by atoms with E-state index in [1.54, 1.807) is 18.2 Å². The summed E-state index contributed by atoms with van der Waals surface area (Å²) in [5.74, 6) is 0.184. The first-order valence-corrected chi connectivity index (χ1v) is 7.20. The Morgan fingerprint density at radius 1 is 1.26 bits per heavy atom. The minimum atomic E-state index is -0.310. The maximum atomic E-state index is 12.1. The fourth-order valence-corrected chi connectivity index (χ4v) is 2.27. The first-order valence-electron chi connectivity index (χ1n) is 5.37. The van der Waals surface area contributed by atoms with Crippen molar-refractivity contribution in [1.82, 2.24) is 4.98 Å². The number of hydrogen-bond acceptors (Lipinski definition) is 2. The van der Waals surface area contributed by atoms with Crippen molar-refractivity contribution in [3.8, 4) is 0 Å². The first kappa shape index (κ1) is 14.6. The number of benzene rings is 1. The van der Waals surface area contributed by atoms with E-state index in [2.05, 4.69) is 32.9 Å². The average molecular weight is 407 g/mol. The normalized spacial score (nSPS) is 10.3. The standard InChI is InChI=1S/C13H9Cl2IN2O/c1-7-11(16)4-5-12(17-7)18-13(19)9-3-2-8(14)6-10(9)15/h2-6H,1H3,(H,17,18,19). The van der Waals surface area contributed by atoms with Crippen LogP contribution in [0.25, 0.3) is 0 Å². The molecule has 0 aliphatic rings. The van der Waals surface area contributed by atoms with E-state index in [-0.39, 0.29) is 5.91 Å². The van der Waals surface area contributed by atoms with Crippen LogP contribution in [0.5, 0.6) is 0 Å². The molecule has 0 unspecified atom stereocenters. The van der Waals surface area contributed by atoms with Crippen LogP contribution in [0.15, 0.2) is 30.3 Å². The summed E-state index contributed by atoms with van der Waals surface area (Å²) in [5.41, 5.74) is 1.23. The summed E-state index contributed by atoms with van der Waals surface area (Å²) in [6.45, 7) is 1.88. The van der Waals surface area contributed by atoms with Crippen molar-refractivity contribution in [2.45, 2.75) is 6.92 Å². The van der Waals surface area contributed by atoms with E-state index in [1.165, 1.54) is 6.07 Å². The molecule has 3 nitrogen and oxygen atoms in total. The Bertz CT molecular complexity index is 647. The highest BCUT2D eigenvalue weighted by molar-refractivity contribution is 14.1. The molecule has 98 valence electrons. The molecule has 0 aliphatic heterocycles. The number of nitrogens with zero attached hydrogens (tertiary/aromatic N) is 1. The molecular weight excluding hydrogens is 398 g/mol. The summed E-state index contributed by atoms with van der Waals surface area (Å²) in [5, 5.41) is 3.51. The lowest BCUT2D eigenvalue weighted by atomic mass is 10.2. The van der Waals surface area contributed by atoms with Gasteiger partial charge in [-0.1, -0.05) is 23.2 Å². The molecule has 1 aromatic carbocycles. The highest BCUT2D eigenvalue weighted by Gasteiger charge is 2.11. The fourth-order valence-electron chi connectivity index (χ4n) is 1.47. The highest BCUT2D eigenvalue weighted by Crippen LogP contribution is 2.22. The number of carbonyl (C=O) groups is 1. The van der Waals surface area contributed by atoms with Crippen molar-refractivity contribution < 1.29 is 4.79 Å². The Kier molecular flexibility index (Phi) is 4.65. The molecule has 0 fully saturated rings. The summed E-state index contributed by atoms with van der Waals surface area (Å²) in [6.07, 6.45) is 0. The van der Waals surface area contributed by atoms with Gasteiger partial charge in [-0.15, -0.1) is 0 Å². The van der Waals surface area contributed by atoms with Crippen molar-refractivity contribution >= 4 is 57.5 Å². The molecular formula is C13H9Cl2IN2O. The van der Waals surface area contributed by atoms with E-state index in [9.17, 15) is 4.79 Å². The number of halogens is 3.